The minimum atomic E-state index is -0.491. The zero-order chi connectivity index (χ0) is 11.2. The molecule has 0 aromatic carbocycles. The Hall–Kier alpha value is -0.540. The van der Waals surface area contributed by atoms with Gasteiger partial charge in [-0.1, -0.05) is 18.5 Å². The fourth-order valence-electron chi connectivity index (χ4n) is 1.82. The van der Waals surface area contributed by atoms with Crippen molar-refractivity contribution in [3.05, 3.63) is 16.9 Å². The van der Waals surface area contributed by atoms with Gasteiger partial charge in [-0.3, -0.25) is 4.68 Å². The normalized spacial score (nSPS) is 20.7. The lowest BCUT2D eigenvalue weighted by atomic mass is 9.99. The molecule has 1 saturated carbocycles. The zero-order valence-electron chi connectivity index (χ0n) is 9.37. The van der Waals surface area contributed by atoms with Crippen LogP contribution >= 0.6 is 11.6 Å². The van der Waals surface area contributed by atoms with Crippen molar-refractivity contribution in [3.8, 4) is 0 Å². The minimum absolute atomic E-state index is 0.0102. The Kier molecular flexibility index (Phi) is 2.55. The molecule has 1 N–H and O–H groups in total. The molecule has 2 rings (SSSR count). The number of hydrogen-bond donors (Lipinski definition) is 1. The summed E-state index contributed by atoms with van der Waals surface area (Å²) in [4.78, 5) is 0. The van der Waals surface area contributed by atoms with Crippen LogP contribution in [-0.4, -0.2) is 14.9 Å². The van der Waals surface area contributed by atoms with Crippen molar-refractivity contribution in [1.29, 1.82) is 0 Å². The molecule has 15 heavy (non-hydrogen) atoms. The Morgan fingerprint density at radius 1 is 1.53 bits per heavy atom. The highest BCUT2D eigenvalue weighted by Gasteiger charge is 2.46. The van der Waals surface area contributed by atoms with Crippen LogP contribution in [0.25, 0.3) is 0 Å². The Balaban J connectivity index is 2.37. The summed E-state index contributed by atoms with van der Waals surface area (Å²) >= 11 is 6.07. The fourth-order valence-corrected chi connectivity index (χ4v) is 2.05. The summed E-state index contributed by atoms with van der Waals surface area (Å²) in [6, 6.07) is 0.226. The average Bonchev–Trinajstić information content (AvgIpc) is 2.78. The summed E-state index contributed by atoms with van der Waals surface area (Å²) in [6.45, 7) is 6.16. The molecule has 1 fully saturated rings. The van der Waals surface area contributed by atoms with Crippen LogP contribution in [0, 0.1) is 5.41 Å². The van der Waals surface area contributed by atoms with Gasteiger partial charge in [0, 0.05) is 6.04 Å². The molecule has 1 atom stereocenters. The maximum absolute atomic E-state index is 10.3. The van der Waals surface area contributed by atoms with Crippen LogP contribution < -0.4 is 0 Å². The van der Waals surface area contributed by atoms with Crippen molar-refractivity contribution < 1.29 is 5.11 Å². The number of aliphatic hydroxyl groups is 1. The van der Waals surface area contributed by atoms with E-state index in [9.17, 15) is 5.11 Å². The van der Waals surface area contributed by atoms with E-state index in [-0.39, 0.29) is 11.5 Å². The van der Waals surface area contributed by atoms with Gasteiger partial charge in [0.05, 0.1) is 16.9 Å². The van der Waals surface area contributed by atoms with Crippen molar-refractivity contribution in [2.75, 3.05) is 0 Å². The summed E-state index contributed by atoms with van der Waals surface area (Å²) < 4.78 is 1.82. The summed E-state index contributed by atoms with van der Waals surface area (Å²) in [5.74, 6) is 0. The predicted octanol–water partition coefficient (Wildman–Crippen LogP) is 2.95. The summed E-state index contributed by atoms with van der Waals surface area (Å²) in [7, 11) is 0. The van der Waals surface area contributed by atoms with Crippen LogP contribution in [0.3, 0.4) is 0 Å². The average molecular weight is 229 g/mol. The van der Waals surface area contributed by atoms with Gasteiger partial charge in [0.1, 0.15) is 6.10 Å². The highest BCUT2D eigenvalue weighted by atomic mass is 35.5. The Labute approximate surface area is 95.0 Å². The number of halogens is 1. The highest BCUT2D eigenvalue weighted by Crippen LogP contribution is 2.55. The van der Waals surface area contributed by atoms with E-state index in [0.717, 1.165) is 18.5 Å². The second-order valence-electron chi connectivity index (χ2n) is 4.97. The van der Waals surface area contributed by atoms with E-state index in [1.165, 1.54) is 0 Å². The molecule has 84 valence electrons. The van der Waals surface area contributed by atoms with Gasteiger partial charge in [0.2, 0.25) is 0 Å². The monoisotopic (exact) mass is 228 g/mol. The third-order valence-corrected chi connectivity index (χ3v) is 3.53. The molecule has 4 heteroatoms. The molecule has 0 aliphatic heterocycles. The van der Waals surface area contributed by atoms with Gasteiger partial charge in [-0.15, -0.1) is 0 Å². The molecule has 0 saturated heterocycles. The SMILES string of the molecule is CC(C)n1ncc(Cl)c1C(O)C1(C)CC1. The summed E-state index contributed by atoms with van der Waals surface area (Å²) in [5, 5.41) is 15.0. The van der Waals surface area contributed by atoms with E-state index in [1.54, 1.807) is 6.20 Å². The van der Waals surface area contributed by atoms with Crippen LogP contribution in [0.1, 0.15) is 51.5 Å². The zero-order valence-corrected chi connectivity index (χ0v) is 10.1. The standard InChI is InChI=1S/C11H17ClN2O/c1-7(2)14-9(8(12)6-13-14)10(15)11(3)4-5-11/h6-7,10,15H,4-5H2,1-3H3. The largest absolute Gasteiger partial charge is 0.386 e. The first-order valence-electron chi connectivity index (χ1n) is 5.37. The lowest BCUT2D eigenvalue weighted by molar-refractivity contribution is 0.0929. The number of rotatable bonds is 3. The van der Waals surface area contributed by atoms with Crippen LogP contribution in [0.4, 0.5) is 0 Å². The summed E-state index contributed by atoms with van der Waals surface area (Å²) in [5.41, 5.74) is 0.780. The number of hydrogen-bond acceptors (Lipinski definition) is 2. The molecule has 1 aliphatic rings. The molecule has 1 heterocycles. The first kappa shape index (κ1) is 11.0. The van der Waals surface area contributed by atoms with Gasteiger partial charge < -0.3 is 5.11 Å². The molecular formula is C11H17ClN2O. The molecule has 1 unspecified atom stereocenters. The molecule has 1 aromatic heterocycles. The molecule has 1 aliphatic carbocycles. The van der Waals surface area contributed by atoms with Gasteiger partial charge >= 0.3 is 0 Å². The van der Waals surface area contributed by atoms with Gasteiger partial charge in [-0.25, -0.2) is 0 Å². The van der Waals surface area contributed by atoms with Crippen molar-refractivity contribution in [3.63, 3.8) is 0 Å². The van der Waals surface area contributed by atoms with Gasteiger partial charge in [0.25, 0.3) is 0 Å². The second kappa shape index (κ2) is 3.49. The molecule has 0 spiro atoms. The van der Waals surface area contributed by atoms with Gasteiger partial charge in [-0.2, -0.15) is 5.10 Å². The minimum Gasteiger partial charge on any atom is -0.386 e. The lowest BCUT2D eigenvalue weighted by Gasteiger charge is -2.21. The first-order valence-corrected chi connectivity index (χ1v) is 5.74. The lowest BCUT2D eigenvalue weighted by Crippen LogP contribution is -2.17. The van der Waals surface area contributed by atoms with Gasteiger partial charge in [0.15, 0.2) is 0 Å². The van der Waals surface area contributed by atoms with E-state index >= 15 is 0 Å². The van der Waals surface area contributed by atoms with E-state index in [0.29, 0.717) is 5.02 Å². The molecule has 0 bridgehead atoms. The predicted molar refractivity (Wildman–Crippen MR) is 59.9 cm³/mol. The maximum atomic E-state index is 10.3. The molecule has 3 nitrogen and oxygen atoms in total. The fraction of sp³-hybridized carbons (Fsp3) is 0.727. The molecule has 0 amide bonds. The molecule has 0 radical (unpaired) electrons. The van der Waals surface area contributed by atoms with Gasteiger partial charge in [-0.05, 0) is 32.1 Å². The third-order valence-electron chi connectivity index (χ3n) is 3.23. The van der Waals surface area contributed by atoms with Crippen LogP contribution in [0.2, 0.25) is 5.02 Å². The van der Waals surface area contributed by atoms with E-state index in [1.807, 2.05) is 18.5 Å². The van der Waals surface area contributed by atoms with Crippen LogP contribution in [0.15, 0.2) is 6.20 Å². The van der Waals surface area contributed by atoms with Crippen molar-refractivity contribution in [2.24, 2.45) is 5.41 Å². The highest BCUT2D eigenvalue weighted by molar-refractivity contribution is 6.31. The van der Waals surface area contributed by atoms with E-state index in [2.05, 4.69) is 12.0 Å². The smallest absolute Gasteiger partial charge is 0.102 e. The topological polar surface area (TPSA) is 38.0 Å². The number of aliphatic hydroxyl groups excluding tert-OH is 1. The van der Waals surface area contributed by atoms with E-state index < -0.39 is 6.10 Å². The number of nitrogens with zero attached hydrogens (tertiary/aromatic N) is 2. The quantitative estimate of drug-likeness (QED) is 0.864. The third kappa shape index (κ3) is 1.79. The van der Waals surface area contributed by atoms with Crippen LogP contribution in [0.5, 0.6) is 0 Å². The Bertz CT molecular complexity index is 369. The number of aromatic nitrogens is 2. The molecular weight excluding hydrogens is 212 g/mol. The Morgan fingerprint density at radius 3 is 2.60 bits per heavy atom. The molecule has 1 aromatic rings. The summed E-state index contributed by atoms with van der Waals surface area (Å²) in [6.07, 6.45) is 3.25. The Morgan fingerprint density at radius 2 is 2.13 bits per heavy atom. The second-order valence-corrected chi connectivity index (χ2v) is 5.38. The van der Waals surface area contributed by atoms with Crippen molar-refractivity contribution in [2.45, 2.75) is 45.8 Å². The van der Waals surface area contributed by atoms with Crippen LogP contribution in [-0.2, 0) is 0 Å². The van der Waals surface area contributed by atoms with Crippen molar-refractivity contribution >= 4 is 11.6 Å². The van der Waals surface area contributed by atoms with E-state index in [4.69, 9.17) is 11.6 Å². The maximum Gasteiger partial charge on any atom is 0.102 e. The van der Waals surface area contributed by atoms with Crippen molar-refractivity contribution in [1.82, 2.24) is 9.78 Å². The first-order chi connectivity index (χ1) is 6.96.